The fraction of sp³-hybridized carbons (Fsp3) is 0.545. The molecule has 4 heteroatoms. The lowest BCUT2D eigenvalue weighted by molar-refractivity contribution is 0.000955. The zero-order chi connectivity index (χ0) is 18.6. The zero-order valence-corrected chi connectivity index (χ0v) is 16.0. The van der Waals surface area contributed by atoms with Crippen molar-refractivity contribution in [2.45, 2.75) is 70.6 Å². The van der Waals surface area contributed by atoms with Crippen LogP contribution in [0.5, 0.6) is 0 Å². The number of aliphatic hydroxyl groups is 1. The van der Waals surface area contributed by atoms with Gasteiger partial charge in [-0.15, -0.1) is 0 Å². The predicted octanol–water partition coefficient (Wildman–Crippen LogP) is 4.58. The molecule has 0 radical (unpaired) electrons. The van der Waals surface area contributed by atoms with Crippen LogP contribution in [-0.2, 0) is 13.1 Å². The van der Waals surface area contributed by atoms with E-state index in [1.807, 2.05) is 24.4 Å². The standard InChI is InChI=1S/C22H31FN2O/c1-22(2,17-26)25(19-10-4-3-5-11-19)16-20-12-8-14-24(20)15-18-9-6-7-13-21(18)23/h6-9,12-14,19,26H,3-5,10-11,15-17H2,1-2H3. The summed E-state index contributed by atoms with van der Waals surface area (Å²) in [4.78, 5) is 2.46. The van der Waals surface area contributed by atoms with Gasteiger partial charge < -0.3 is 9.67 Å². The molecule has 0 atom stereocenters. The molecule has 142 valence electrons. The number of hydrogen-bond acceptors (Lipinski definition) is 2. The van der Waals surface area contributed by atoms with E-state index in [1.54, 1.807) is 6.07 Å². The summed E-state index contributed by atoms with van der Waals surface area (Å²) < 4.78 is 16.2. The van der Waals surface area contributed by atoms with Gasteiger partial charge in [0, 0.05) is 35.6 Å². The molecule has 0 unspecified atom stereocenters. The van der Waals surface area contributed by atoms with E-state index in [0.717, 1.165) is 6.54 Å². The molecule has 1 aromatic carbocycles. The molecule has 3 nitrogen and oxygen atoms in total. The number of aromatic nitrogens is 1. The molecule has 1 aliphatic rings. The Kier molecular flexibility index (Phi) is 6.15. The van der Waals surface area contributed by atoms with E-state index in [9.17, 15) is 9.50 Å². The van der Waals surface area contributed by atoms with Crippen LogP contribution < -0.4 is 0 Å². The van der Waals surface area contributed by atoms with Gasteiger partial charge >= 0.3 is 0 Å². The third-order valence-electron chi connectivity index (χ3n) is 5.73. The van der Waals surface area contributed by atoms with E-state index in [-0.39, 0.29) is 18.0 Å². The van der Waals surface area contributed by atoms with Crippen LogP contribution in [0.1, 0.15) is 57.2 Å². The summed E-state index contributed by atoms with van der Waals surface area (Å²) in [7, 11) is 0. The Bertz CT molecular complexity index is 704. The number of aliphatic hydroxyl groups excluding tert-OH is 1. The molecule has 1 N–H and O–H groups in total. The molecule has 26 heavy (non-hydrogen) atoms. The fourth-order valence-corrected chi connectivity index (χ4v) is 4.05. The Morgan fingerprint density at radius 3 is 2.54 bits per heavy atom. The monoisotopic (exact) mass is 358 g/mol. The maximum absolute atomic E-state index is 14.1. The molecular weight excluding hydrogens is 327 g/mol. The largest absolute Gasteiger partial charge is 0.394 e. The summed E-state index contributed by atoms with van der Waals surface area (Å²) in [6.45, 7) is 5.68. The Balaban J connectivity index is 1.81. The zero-order valence-electron chi connectivity index (χ0n) is 16.0. The second kappa shape index (κ2) is 8.36. The van der Waals surface area contributed by atoms with Crippen LogP contribution in [0, 0.1) is 5.82 Å². The number of benzene rings is 1. The lowest BCUT2D eigenvalue weighted by atomic mass is 9.90. The minimum absolute atomic E-state index is 0.136. The lowest BCUT2D eigenvalue weighted by Crippen LogP contribution is -2.52. The van der Waals surface area contributed by atoms with Crippen LogP contribution in [0.4, 0.5) is 4.39 Å². The van der Waals surface area contributed by atoms with Gasteiger partial charge in [0.2, 0.25) is 0 Å². The second-order valence-corrected chi connectivity index (χ2v) is 8.11. The highest BCUT2D eigenvalue weighted by molar-refractivity contribution is 5.20. The number of nitrogens with zero attached hydrogens (tertiary/aromatic N) is 2. The average Bonchev–Trinajstić information content (AvgIpc) is 3.09. The second-order valence-electron chi connectivity index (χ2n) is 8.11. The first-order valence-electron chi connectivity index (χ1n) is 9.76. The summed E-state index contributed by atoms with van der Waals surface area (Å²) in [5, 5.41) is 9.97. The first-order valence-corrected chi connectivity index (χ1v) is 9.76. The minimum atomic E-state index is -0.269. The third-order valence-corrected chi connectivity index (χ3v) is 5.73. The Labute approximate surface area is 156 Å². The molecule has 0 bridgehead atoms. The molecule has 0 aliphatic heterocycles. The molecule has 1 aromatic heterocycles. The molecule has 0 amide bonds. The van der Waals surface area contributed by atoms with Gasteiger partial charge in [-0.25, -0.2) is 4.39 Å². The van der Waals surface area contributed by atoms with Crippen molar-refractivity contribution in [2.24, 2.45) is 0 Å². The molecule has 1 fully saturated rings. The van der Waals surface area contributed by atoms with E-state index in [4.69, 9.17) is 0 Å². The van der Waals surface area contributed by atoms with Crippen molar-refractivity contribution < 1.29 is 9.50 Å². The minimum Gasteiger partial charge on any atom is -0.394 e. The van der Waals surface area contributed by atoms with Gasteiger partial charge in [0.1, 0.15) is 5.82 Å². The highest BCUT2D eigenvalue weighted by Gasteiger charge is 2.33. The van der Waals surface area contributed by atoms with Gasteiger partial charge in [0.25, 0.3) is 0 Å². The van der Waals surface area contributed by atoms with Crippen LogP contribution in [0.25, 0.3) is 0 Å². The lowest BCUT2D eigenvalue weighted by Gasteiger charge is -2.44. The van der Waals surface area contributed by atoms with Crippen molar-refractivity contribution in [1.29, 1.82) is 0 Å². The Morgan fingerprint density at radius 2 is 1.85 bits per heavy atom. The molecule has 2 aromatic rings. The average molecular weight is 359 g/mol. The van der Waals surface area contributed by atoms with Crippen LogP contribution in [0.2, 0.25) is 0 Å². The Morgan fingerprint density at radius 1 is 1.12 bits per heavy atom. The van der Waals surface area contributed by atoms with Crippen molar-refractivity contribution in [3.8, 4) is 0 Å². The van der Waals surface area contributed by atoms with Crippen molar-refractivity contribution in [2.75, 3.05) is 6.61 Å². The van der Waals surface area contributed by atoms with Crippen molar-refractivity contribution in [3.05, 3.63) is 59.7 Å². The van der Waals surface area contributed by atoms with E-state index < -0.39 is 0 Å². The van der Waals surface area contributed by atoms with Crippen molar-refractivity contribution in [3.63, 3.8) is 0 Å². The number of hydrogen-bond donors (Lipinski definition) is 1. The van der Waals surface area contributed by atoms with Gasteiger partial charge in [-0.2, -0.15) is 0 Å². The van der Waals surface area contributed by atoms with E-state index in [1.165, 1.54) is 43.9 Å². The maximum atomic E-state index is 14.1. The van der Waals surface area contributed by atoms with Crippen LogP contribution >= 0.6 is 0 Å². The molecule has 0 saturated heterocycles. The summed E-state index contributed by atoms with van der Waals surface area (Å²) in [5.74, 6) is -0.160. The molecular formula is C22H31FN2O. The summed E-state index contributed by atoms with van der Waals surface area (Å²) >= 11 is 0. The topological polar surface area (TPSA) is 28.4 Å². The molecule has 0 spiro atoms. The Hall–Kier alpha value is -1.65. The van der Waals surface area contributed by atoms with Crippen molar-refractivity contribution >= 4 is 0 Å². The molecule has 1 aliphatic carbocycles. The first-order chi connectivity index (χ1) is 12.5. The predicted molar refractivity (Wildman–Crippen MR) is 104 cm³/mol. The normalized spacial score (nSPS) is 16.3. The summed E-state index contributed by atoms with van der Waals surface area (Å²) in [6, 6.07) is 11.6. The summed E-state index contributed by atoms with van der Waals surface area (Å²) in [5.41, 5.74) is 1.60. The van der Waals surface area contributed by atoms with Crippen molar-refractivity contribution in [1.82, 2.24) is 9.47 Å². The first kappa shape index (κ1) is 19.1. The van der Waals surface area contributed by atoms with Gasteiger partial charge in [-0.1, -0.05) is 37.5 Å². The summed E-state index contributed by atoms with van der Waals surface area (Å²) in [6.07, 6.45) is 8.24. The van der Waals surface area contributed by atoms with E-state index in [2.05, 4.69) is 29.4 Å². The quantitative estimate of drug-likeness (QED) is 0.785. The molecule has 3 rings (SSSR count). The van der Waals surface area contributed by atoms with E-state index in [0.29, 0.717) is 18.2 Å². The highest BCUT2D eigenvalue weighted by Crippen LogP contribution is 2.30. The molecule has 1 heterocycles. The fourth-order valence-electron chi connectivity index (χ4n) is 4.05. The van der Waals surface area contributed by atoms with Gasteiger partial charge in [0.15, 0.2) is 0 Å². The third kappa shape index (κ3) is 4.36. The number of rotatable bonds is 7. The highest BCUT2D eigenvalue weighted by atomic mass is 19.1. The van der Waals surface area contributed by atoms with Crippen LogP contribution in [0.15, 0.2) is 42.6 Å². The maximum Gasteiger partial charge on any atom is 0.128 e. The van der Waals surface area contributed by atoms with Crippen LogP contribution in [-0.4, -0.2) is 32.8 Å². The van der Waals surface area contributed by atoms with Gasteiger partial charge in [-0.3, -0.25) is 4.90 Å². The van der Waals surface area contributed by atoms with Crippen LogP contribution in [0.3, 0.4) is 0 Å². The SMILES string of the molecule is CC(C)(CO)N(Cc1cccn1Cc1ccccc1F)C1CCCCC1. The van der Waals surface area contributed by atoms with E-state index >= 15 is 0 Å². The van der Waals surface area contributed by atoms with Gasteiger partial charge in [-0.05, 0) is 44.9 Å². The van der Waals surface area contributed by atoms with Gasteiger partial charge in [0.05, 0.1) is 13.2 Å². The molecule has 1 saturated carbocycles. The smallest absolute Gasteiger partial charge is 0.128 e. The number of halogens is 1.